The minimum atomic E-state index is 0.106. The Hall–Kier alpha value is -2.23. The molecule has 0 radical (unpaired) electrons. The molecule has 21 heavy (non-hydrogen) atoms. The van der Waals surface area contributed by atoms with Gasteiger partial charge in [-0.2, -0.15) is 0 Å². The van der Waals surface area contributed by atoms with Crippen molar-refractivity contribution in [1.82, 2.24) is 16.0 Å². The summed E-state index contributed by atoms with van der Waals surface area (Å²) in [5, 5.41) is 9.51. The van der Waals surface area contributed by atoms with Crippen molar-refractivity contribution < 1.29 is 4.79 Å². The zero-order valence-electron chi connectivity index (χ0n) is 12.2. The third kappa shape index (κ3) is 3.27. The Kier molecular flexibility index (Phi) is 3.95. The van der Waals surface area contributed by atoms with Crippen LogP contribution in [0.2, 0.25) is 0 Å². The molecular formula is C17H21N3O. The number of rotatable bonds is 5. The van der Waals surface area contributed by atoms with E-state index in [-0.39, 0.29) is 12.1 Å². The number of aryl methyl sites for hydroxylation is 1. The summed E-state index contributed by atoms with van der Waals surface area (Å²) in [6, 6.07) is 8.24. The maximum Gasteiger partial charge on any atom is 0.220 e. The van der Waals surface area contributed by atoms with Crippen molar-refractivity contribution in [1.29, 1.82) is 0 Å². The SMILES string of the molecule is Cc1ccc(CNC(=O)CCC2=CNC3NC=CC23)cc1. The van der Waals surface area contributed by atoms with E-state index in [0.29, 0.717) is 18.9 Å². The smallest absolute Gasteiger partial charge is 0.220 e. The first-order valence-electron chi connectivity index (χ1n) is 7.42. The summed E-state index contributed by atoms with van der Waals surface area (Å²) in [4.78, 5) is 11.9. The van der Waals surface area contributed by atoms with E-state index in [4.69, 9.17) is 0 Å². The zero-order valence-corrected chi connectivity index (χ0v) is 12.2. The van der Waals surface area contributed by atoms with E-state index in [9.17, 15) is 4.79 Å². The van der Waals surface area contributed by atoms with Crippen LogP contribution in [0, 0.1) is 12.8 Å². The molecule has 0 fully saturated rings. The molecule has 0 aromatic heterocycles. The minimum absolute atomic E-state index is 0.106. The average Bonchev–Trinajstić information content (AvgIpc) is 3.08. The van der Waals surface area contributed by atoms with Gasteiger partial charge in [-0.1, -0.05) is 35.9 Å². The average molecular weight is 283 g/mol. The first-order chi connectivity index (χ1) is 10.2. The normalized spacial score (nSPS) is 22.2. The van der Waals surface area contributed by atoms with E-state index >= 15 is 0 Å². The molecule has 110 valence electrons. The molecule has 0 saturated heterocycles. The van der Waals surface area contributed by atoms with E-state index in [1.165, 1.54) is 11.1 Å². The highest BCUT2D eigenvalue weighted by Crippen LogP contribution is 2.27. The van der Waals surface area contributed by atoms with Gasteiger partial charge >= 0.3 is 0 Å². The van der Waals surface area contributed by atoms with Crippen molar-refractivity contribution in [3.63, 3.8) is 0 Å². The van der Waals surface area contributed by atoms with Gasteiger partial charge in [-0.05, 0) is 36.9 Å². The molecule has 4 heteroatoms. The molecular weight excluding hydrogens is 262 g/mol. The Balaban J connectivity index is 1.42. The molecule has 3 rings (SSSR count). The highest BCUT2D eigenvalue weighted by atomic mass is 16.1. The molecule has 1 amide bonds. The first kappa shape index (κ1) is 13.7. The Morgan fingerprint density at radius 3 is 2.86 bits per heavy atom. The second kappa shape index (κ2) is 6.04. The summed E-state index contributed by atoms with van der Waals surface area (Å²) in [6.07, 6.45) is 7.80. The number of carbonyl (C=O) groups is 1. The maximum absolute atomic E-state index is 11.9. The van der Waals surface area contributed by atoms with Crippen molar-refractivity contribution >= 4 is 5.91 Å². The van der Waals surface area contributed by atoms with Crippen LogP contribution in [0.4, 0.5) is 0 Å². The summed E-state index contributed by atoms with van der Waals surface area (Å²) in [5.41, 5.74) is 3.67. The summed E-state index contributed by atoms with van der Waals surface area (Å²) in [6.45, 7) is 2.66. The largest absolute Gasteiger partial charge is 0.371 e. The number of amides is 1. The van der Waals surface area contributed by atoms with E-state index in [1.54, 1.807) is 0 Å². The van der Waals surface area contributed by atoms with Crippen molar-refractivity contribution in [3.05, 3.63) is 59.4 Å². The van der Waals surface area contributed by atoms with Gasteiger partial charge in [-0.25, -0.2) is 0 Å². The molecule has 2 aliphatic rings. The monoisotopic (exact) mass is 283 g/mol. The van der Waals surface area contributed by atoms with Crippen molar-refractivity contribution in [2.75, 3.05) is 0 Å². The van der Waals surface area contributed by atoms with Crippen LogP contribution in [0.25, 0.3) is 0 Å². The Bertz CT molecular complexity index is 574. The highest BCUT2D eigenvalue weighted by Gasteiger charge is 2.29. The van der Waals surface area contributed by atoms with Crippen LogP contribution in [-0.2, 0) is 11.3 Å². The number of carbonyl (C=O) groups excluding carboxylic acids is 1. The second-order valence-corrected chi connectivity index (χ2v) is 5.68. The van der Waals surface area contributed by atoms with E-state index < -0.39 is 0 Å². The third-order valence-electron chi connectivity index (χ3n) is 4.07. The topological polar surface area (TPSA) is 53.2 Å². The lowest BCUT2D eigenvalue weighted by Gasteiger charge is -2.13. The predicted molar refractivity (Wildman–Crippen MR) is 83.0 cm³/mol. The van der Waals surface area contributed by atoms with Crippen LogP contribution in [0.3, 0.4) is 0 Å². The fourth-order valence-electron chi connectivity index (χ4n) is 2.75. The molecule has 3 N–H and O–H groups in total. The minimum Gasteiger partial charge on any atom is -0.371 e. The first-order valence-corrected chi connectivity index (χ1v) is 7.42. The molecule has 1 aromatic carbocycles. The van der Waals surface area contributed by atoms with Gasteiger partial charge in [0.05, 0.1) is 0 Å². The van der Waals surface area contributed by atoms with Crippen LogP contribution < -0.4 is 16.0 Å². The van der Waals surface area contributed by atoms with Crippen molar-refractivity contribution in [3.8, 4) is 0 Å². The van der Waals surface area contributed by atoms with Gasteiger partial charge in [-0.3, -0.25) is 4.79 Å². The van der Waals surface area contributed by atoms with Gasteiger partial charge in [0.2, 0.25) is 5.91 Å². The Labute approximate surface area is 125 Å². The van der Waals surface area contributed by atoms with Gasteiger partial charge in [-0.15, -0.1) is 0 Å². The molecule has 2 aliphatic heterocycles. The zero-order chi connectivity index (χ0) is 14.7. The van der Waals surface area contributed by atoms with Gasteiger partial charge < -0.3 is 16.0 Å². The summed E-state index contributed by atoms with van der Waals surface area (Å²) in [5.74, 6) is 0.504. The van der Waals surface area contributed by atoms with Crippen LogP contribution in [0.15, 0.2) is 48.3 Å². The number of nitrogens with one attached hydrogen (secondary N) is 3. The fraction of sp³-hybridized carbons (Fsp3) is 0.353. The van der Waals surface area contributed by atoms with Crippen LogP contribution in [0.1, 0.15) is 24.0 Å². The molecule has 0 aliphatic carbocycles. The van der Waals surface area contributed by atoms with Crippen LogP contribution in [0.5, 0.6) is 0 Å². The van der Waals surface area contributed by atoms with E-state index in [0.717, 1.165) is 12.0 Å². The molecule has 4 nitrogen and oxygen atoms in total. The quantitative estimate of drug-likeness (QED) is 0.774. The van der Waals surface area contributed by atoms with Gasteiger partial charge in [0, 0.05) is 18.9 Å². The molecule has 0 spiro atoms. The van der Waals surface area contributed by atoms with Gasteiger partial charge in [0.1, 0.15) is 6.17 Å². The standard InChI is InChI=1S/C17H21N3O/c1-12-2-4-13(5-3-12)10-19-16(21)7-6-14-11-20-17-15(14)8-9-18-17/h2-5,8-9,11,15,17-18,20H,6-7,10H2,1H3,(H,19,21). The lowest BCUT2D eigenvalue weighted by Crippen LogP contribution is -2.34. The number of benzene rings is 1. The lowest BCUT2D eigenvalue weighted by atomic mass is 9.97. The molecule has 1 aromatic rings. The van der Waals surface area contributed by atoms with Gasteiger partial charge in [0.25, 0.3) is 0 Å². The van der Waals surface area contributed by atoms with Gasteiger partial charge in [0.15, 0.2) is 0 Å². The highest BCUT2D eigenvalue weighted by molar-refractivity contribution is 5.76. The molecule has 2 unspecified atom stereocenters. The van der Waals surface area contributed by atoms with Crippen molar-refractivity contribution in [2.45, 2.75) is 32.5 Å². The Morgan fingerprint density at radius 2 is 2.05 bits per heavy atom. The fourth-order valence-corrected chi connectivity index (χ4v) is 2.75. The maximum atomic E-state index is 11.9. The third-order valence-corrected chi connectivity index (χ3v) is 4.07. The van der Waals surface area contributed by atoms with Crippen LogP contribution in [-0.4, -0.2) is 12.1 Å². The number of hydrogen-bond donors (Lipinski definition) is 3. The predicted octanol–water partition coefficient (Wildman–Crippen LogP) is 1.94. The van der Waals surface area contributed by atoms with Crippen LogP contribution >= 0.6 is 0 Å². The number of hydrogen-bond acceptors (Lipinski definition) is 3. The molecule has 0 saturated carbocycles. The molecule has 2 atom stereocenters. The summed E-state index contributed by atoms with van der Waals surface area (Å²) < 4.78 is 0. The summed E-state index contributed by atoms with van der Waals surface area (Å²) in [7, 11) is 0. The summed E-state index contributed by atoms with van der Waals surface area (Å²) >= 11 is 0. The molecule has 2 heterocycles. The van der Waals surface area contributed by atoms with E-state index in [1.807, 2.05) is 12.4 Å². The number of fused-ring (bicyclic) bond motifs is 1. The van der Waals surface area contributed by atoms with Crippen molar-refractivity contribution in [2.24, 2.45) is 5.92 Å². The van der Waals surface area contributed by atoms with E-state index in [2.05, 4.69) is 53.2 Å². The lowest BCUT2D eigenvalue weighted by molar-refractivity contribution is -0.121. The molecule has 0 bridgehead atoms. The Morgan fingerprint density at radius 1 is 1.24 bits per heavy atom. The second-order valence-electron chi connectivity index (χ2n) is 5.68.